The highest BCUT2D eigenvalue weighted by atomic mass is 32.2. The fourth-order valence-electron chi connectivity index (χ4n) is 2.41. The van der Waals surface area contributed by atoms with E-state index in [1.54, 1.807) is 12.1 Å². The maximum Gasteiger partial charge on any atom is 0.240 e. The van der Waals surface area contributed by atoms with Gasteiger partial charge in [0.1, 0.15) is 0 Å². The Kier molecular flexibility index (Phi) is 5.78. The molecule has 0 fully saturated rings. The van der Waals surface area contributed by atoms with Gasteiger partial charge in [-0.1, -0.05) is 33.8 Å². The standard InChI is InChI=1S/C16H27NO2S/c1-11(2)16(12(3)4)10-17-20(18,19)15-8-7-13(5)14(6)9-15/h7-9,11-12,16-17H,10H2,1-6H3. The average Bonchev–Trinajstić information content (AvgIpc) is 2.31. The first kappa shape index (κ1) is 17.2. The zero-order valence-electron chi connectivity index (χ0n) is 13.4. The highest BCUT2D eigenvalue weighted by Crippen LogP contribution is 2.21. The first-order valence-electron chi connectivity index (χ1n) is 7.22. The van der Waals surface area contributed by atoms with Crippen molar-refractivity contribution in [3.05, 3.63) is 29.3 Å². The molecule has 0 saturated carbocycles. The Hall–Kier alpha value is -0.870. The Bertz CT molecular complexity index is 540. The van der Waals surface area contributed by atoms with E-state index >= 15 is 0 Å². The van der Waals surface area contributed by atoms with Gasteiger partial charge in [0.05, 0.1) is 4.90 Å². The zero-order chi connectivity index (χ0) is 15.5. The van der Waals surface area contributed by atoms with Crippen LogP contribution in [-0.4, -0.2) is 15.0 Å². The number of benzene rings is 1. The zero-order valence-corrected chi connectivity index (χ0v) is 14.2. The van der Waals surface area contributed by atoms with Gasteiger partial charge in [-0.3, -0.25) is 0 Å². The quantitative estimate of drug-likeness (QED) is 0.873. The third kappa shape index (κ3) is 4.32. The second kappa shape index (κ2) is 6.72. The summed E-state index contributed by atoms with van der Waals surface area (Å²) in [5, 5.41) is 0. The normalized spacial score (nSPS) is 12.7. The van der Waals surface area contributed by atoms with Crippen LogP contribution in [0.4, 0.5) is 0 Å². The summed E-state index contributed by atoms with van der Waals surface area (Å²) in [7, 11) is -3.41. The molecule has 0 aromatic heterocycles. The van der Waals surface area contributed by atoms with Crippen LogP contribution in [0.5, 0.6) is 0 Å². The Morgan fingerprint density at radius 3 is 2.00 bits per heavy atom. The predicted molar refractivity (Wildman–Crippen MR) is 84.3 cm³/mol. The van der Waals surface area contributed by atoms with Gasteiger partial charge in [0, 0.05) is 6.54 Å². The fourth-order valence-corrected chi connectivity index (χ4v) is 3.57. The first-order chi connectivity index (χ1) is 9.15. The number of hydrogen-bond acceptors (Lipinski definition) is 2. The molecule has 4 heteroatoms. The molecule has 114 valence electrons. The summed E-state index contributed by atoms with van der Waals surface area (Å²) in [6, 6.07) is 5.26. The summed E-state index contributed by atoms with van der Waals surface area (Å²) in [4.78, 5) is 0.354. The highest BCUT2D eigenvalue weighted by molar-refractivity contribution is 7.89. The molecule has 0 aliphatic carbocycles. The summed E-state index contributed by atoms with van der Waals surface area (Å²) in [5.74, 6) is 1.26. The molecule has 1 aromatic carbocycles. The summed E-state index contributed by atoms with van der Waals surface area (Å²) >= 11 is 0. The van der Waals surface area contributed by atoms with Gasteiger partial charge in [-0.05, 0) is 54.9 Å². The van der Waals surface area contributed by atoms with E-state index in [9.17, 15) is 8.42 Å². The lowest BCUT2D eigenvalue weighted by atomic mass is 9.86. The van der Waals surface area contributed by atoms with Gasteiger partial charge in [0.2, 0.25) is 10.0 Å². The van der Waals surface area contributed by atoms with Gasteiger partial charge in [-0.25, -0.2) is 13.1 Å². The van der Waals surface area contributed by atoms with E-state index in [4.69, 9.17) is 0 Å². The molecule has 20 heavy (non-hydrogen) atoms. The van der Waals surface area contributed by atoms with Crippen molar-refractivity contribution in [2.45, 2.75) is 46.4 Å². The van der Waals surface area contributed by atoms with Crippen LogP contribution in [0.15, 0.2) is 23.1 Å². The molecular weight excluding hydrogens is 270 g/mol. The van der Waals surface area contributed by atoms with E-state index in [1.165, 1.54) is 0 Å². The van der Waals surface area contributed by atoms with Crippen molar-refractivity contribution in [2.75, 3.05) is 6.54 Å². The Morgan fingerprint density at radius 1 is 1.00 bits per heavy atom. The van der Waals surface area contributed by atoms with E-state index < -0.39 is 10.0 Å². The third-order valence-electron chi connectivity index (χ3n) is 4.01. The van der Waals surface area contributed by atoms with Gasteiger partial charge < -0.3 is 0 Å². The molecular formula is C16H27NO2S. The van der Waals surface area contributed by atoms with E-state index in [0.717, 1.165) is 11.1 Å². The van der Waals surface area contributed by atoms with Crippen molar-refractivity contribution in [3.8, 4) is 0 Å². The number of hydrogen-bond donors (Lipinski definition) is 1. The van der Waals surface area contributed by atoms with Crippen molar-refractivity contribution >= 4 is 10.0 Å². The Labute approximate surface area is 123 Å². The number of sulfonamides is 1. The van der Waals surface area contributed by atoms with Crippen LogP contribution in [0, 0.1) is 31.6 Å². The minimum atomic E-state index is -3.41. The SMILES string of the molecule is Cc1ccc(S(=O)(=O)NCC(C(C)C)C(C)C)cc1C. The molecule has 0 heterocycles. The van der Waals surface area contributed by atoms with Crippen LogP contribution in [0.3, 0.4) is 0 Å². The average molecular weight is 297 g/mol. The monoisotopic (exact) mass is 297 g/mol. The van der Waals surface area contributed by atoms with Crippen molar-refractivity contribution in [2.24, 2.45) is 17.8 Å². The van der Waals surface area contributed by atoms with E-state index in [1.807, 2.05) is 19.9 Å². The molecule has 1 aromatic rings. The van der Waals surface area contributed by atoms with Crippen molar-refractivity contribution < 1.29 is 8.42 Å². The summed E-state index contributed by atoms with van der Waals surface area (Å²) in [6.45, 7) is 12.9. The molecule has 3 nitrogen and oxygen atoms in total. The van der Waals surface area contributed by atoms with Crippen LogP contribution in [0.2, 0.25) is 0 Å². The predicted octanol–water partition coefficient (Wildman–Crippen LogP) is 3.51. The van der Waals surface area contributed by atoms with Gasteiger partial charge in [0.25, 0.3) is 0 Å². The molecule has 0 aliphatic heterocycles. The largest absolute Gasteiger partial charge is 0.240 e. The van der Waals surface area contributed by atoms with Gasteiger partial charge in [0.15, 0.2) is 0 Å². The summed E-state index contributed by atoms with van der Waals surface area (Å²) in [5.41, 5.74) is 2.10. The smallest absolute Gasteiger partial charge is 0.211 e. The van der Waals surface area contributed by atoms with Crippen LogP contribution in [0.1, 0.15) is 38.8 Å². The maximum absolute atomic E-state index is 12.3. The lowest BCUT2D eigenvalue weighted by molar-refractivity contribution is 0.289. The topological polar surface area (TPSA) is 46.2 Å². The molecule has 0 amide bonds. The van der Waals surface area contributed by atoms with Crippen molar-refractivity contribution in [1.29, 1.82) is 0 Å². The molecule has 1 N–H and O–H groups in total. The van der Waals surface area contributed by atoms with E-state index in [2.05, 4.69) is 32.4 Å². The first-order valence-corrected chi connectivity index (χ1v) is 8.70. The highest BCUT2D eigenvalue weighted by Gasteiger charge is 2.21. The number of nitrogens with one attached hydrogen (secondary N) is 1. The van der Waals surface area contributed by atoms with Crippen LogP contribution in [-0.2, 0) is 10.0 Å². The number of aryl methyl sites for hydroxylation is 2. The number of rotatable bonds is 6. The van der Waals surface area contributed by atoms with E-state index in [0.29, 0.717) is 29.2 Å². The molecule has 0 aliphatic rings. The van der Waals surface area contributed by atoms with Gasteiger partial charge in [-0.15, -0.1) is 0 Å². The maximum atomic E-state index is 12.3. The Morgan fingerprint density at radius 2 is 1.55 bits per heavy atom. The molecule has 0 spiro atoms. The minimum Gasteiger partial charge on any atom is -0.211 e. The van der Waals surface area contributed by atoms with Crippen LogP contribution >= 0.6 is 0 Å². The second-order valence-corrected chi connectivity index (χ2v) is 8.02. The van der Waals surface area contributed by atoms with E-state index in [-0.39, 0.29) is 0 Å². The Balaban J connectivity index is 2.87. The van der Waals surface area contributed by atoms with Crippen LogP contribution < -0.4 is 4.72 Å². The lowest BCUT2D eigenvalue weighted by Crippen LogP contribution is -2.34. The lowest BCUT2D eigenvalue weighted by Gasteiger charge is -2.25. The molecule has 0 bridgehead atoms. The fraction of sp³-hybridized carbons (Fsp3) is 0.625. The minimum absolute atomic E-state index is 0.344. The van der Waals surface area contributed by atoms with Crippen LogP contribution in [0.25, 0.3) is 0 Å². The third-order valence-corrected chi connectivity index (χ3v) is 5.43. The molecule has 0 radical (unpaired) electrons. The summed E-state index contributed by atoms with van der Waals surface area (Å²) < 4.78 is 27.4. The molecule has 0 atom stereocenters. The molecule has 0 saturated heterocycles. The van der Waals surface area contributed by atoms with Gasteiger partial charge in [-0.2, -0.15) is 0 Å². The molecule has 1 rings (SSSR count). The van der Waals surface area contributed by atoms with Crippen molar-refractivity contribution in [1.82, 2.24) is 4.72 Å². The second-order valence-electron chi connectivity index (χ2n) is 6.25. The summed E-state index contributed by atoms with van der Waals surface area (Å²) in [6.07, 6.45) is 0. The molecule has 0 unspecified atom stereocenters. The van der Waals surface area contributed by atoms with Crippen molar-refractivity contribution in [3.63, 3.8) is 0 Å². The van der Waals surface area contributed by atoms with Gasteiger partial charge >= 0.3 is 0 Å².